The van der Waals surface area contributed by atoms with Gasteiger partial charge in [0, 0.05) is 16.4 Å². The first-order valence-corrected chi connectivity index (χ1v) is 9.49. The van der Waals surface area contributed by atoms with Crippen LogP contribution in [0.1, 0.15) is 11.5 Å². The normalized spacial score (nSPS) is 11.4. The highest BCUT2D eigenvalue weighted by atomic mass is 79.9. The zero-order valence-electron chi connectivity index (χ0n) is 14.5. The minimum absolute atomic E-state index is 0.00162. The summed E-state index contributed by atoms with van der Waals surface area (Å²) in [6.45, 7) is -2.02. The maximum absolute atomic E-state index is 12.5. The summed E-state index contributed by atoms with van der Waals surface area (Å²) >= 11 is 4.91. The highest BCUT2D eigenvalue weighted by molar-refractivity contribution is 9.10. The smallest absolute Gasteiger partial charge is 0.387 e. The summed E-state index contributed by atoms with van der Waals surface area (Å²) in [4.78, 5) is 7.22. The topological polar surface area (TPSA) is 60.6 Å². The highest BCUT2D eigenvalue weighted by Gasteiger charge is 2.15. The molecule has 6 nitrogen and oxygen atoms in total. The molecule has 0 N–H and O–H groups in total. The summed E-state index contributed by atoms with van der Waals surface area (Å²) in [5.41, 5.74) is 0.788. The van der Waals surface area contributed by atoms with Crippen molar-refractivity contribution < 1.29 is 22.8 Å². The second-order valence-corrected chi connectivity index (χ2v) is 7.50. The van der Waals surface area contributed by atoms with Crippen molar-refractivity contribution in [2.45, 2.75) is 19.7 Å². The van der Waals surface area contributed by atoms with Gasteiger partial charge < -0.3 is 14.0 Å². The third kappa shape index (κ3) is 5.24. The van der Waals surface area contributed by atoms with Crippen LogP contribution < -0.4 is 9.47 Å². The van der Waals surface area contributed by atoms with Gasteiger partial charge >= 0.3 is 6.61 Å². The van der Waals surface area contributed by atoms with Crippen LogP contribution in [0.3, 0.4) is 0 Å². The minimum atomic E-state index is -2.92. The Morgan fingerprint density at radius 2 is 2.07 bits per heavy atom. The van der Waals surface area contributed by atoms with E-state index in [2.05, 4.69) is 30.8 Å². The van der Waals surface area contributed by atoms with Crippen LogP contribution in [0.5, 0.6) is 11.5 Å². The molecule has 0 bridgehead atoms. The van der Waals surface area contributed by atoms with E-state index >= 15 is 0 Å². The molecule has 3 aromatic rings. The molecular weight excluding hydrogens is 444 g/mol. The van der Waals surface area contributed by atoms with Crippen molar-refractivity contribution in [3.05, 3.63) is 45.6 Å². The molecule has 1 aromatic carbocycles. The molecule has 2 heterocycles. The van der Waals surface area contributed by atoms with Crippen LogP contribution in [0.4, 0.5) is 8.78 Å². The fraction of sp³-hybridized carbons (Fsp3) is 0.294. The van der Waals surface area contributed by atoms with Crippen molar-refractivity contribution in [2.24, 2.45) is 0 Å². The number of aromatic nitrogens is 2. The van der Waals surface area contributed by atoms with E-state index in [1.807, 2.05) is 23.4 Å². The van der Waals surface area contributed by atoms with Gasteiger partial charge in [0.1, 0.15) is 0 Å². The molecule has 0 amide bonds. The van der Waals surface area contributed by atoms with Crippen LogP contribution in [0, 0.1) is 0 Å². The summed E-state index contributed by atoms with van der Waals surface area (Å²) in [7, 11) is 3.27. The zero-order chi connectivity index (χ0) is 19.4. The Labute approximate surface area is 166 Å². The predicted octanol–water partition coefficient (Wildman–Crippen LogP) is 4.80. The second-order valence-electron chi connectivity index (χ2n) is 5.68. The van der Waals surface area contributed by atoms with Crippen LogP contribution in [0.25, 0.3) is 10.7 Å². The van der Waals surface area contributed by atoms with E-state index in [-0.39, 0.29) is 11.5 Å². The first kappa shape index (κ1) is 19.7. The van der Waals surface area contributed by atoms with Crippen LogP contribution in [-0.4, -0.2) is 35.8 Å². The lowest BCUT2D eigenvalue weighted by atomic mass is 10.2. The van der Waals surface area contributed by atoms with E-state index in [1.165, 1.54) is 24.5 Å². The number of methoxy groups -OCH3 is 1. The maximum Gasteiger partial charge on any atom is 0.387 e. The van der Waals surface area contributed by atoms with E-state index in [4.69, 9.17) is 9.26 Å². The lowest BCUT2D eigenvalue weighted by Crippen LogP contribution is -2.17. The van der Waals surface area contributed by atoms with Gasteiger partial charge in [0.25, 0.3) is 0 Å². The first-order valence-electron chi connectivity index (χ1n) is 7.82. The fourth-order valence-corrected chi connectivity index (χ4v) is 3.81. The largest absolute Gasteiger partial charge is 0.493 e. The van der Waals surface area contributed by atoms with Crippen LogP contribution >= 0.6 is 27.3 Å². The van der Waals surface area contributed by atoms with Crippen molar-refractivity contribution in [3.8, 4) is 22.2 Å². The number of nitrogens with zero attached hydrogens (tertiary/aromatic N) is 3. The second kappa shape index (κ2) is 8.77. The molecule has 0 aliphatic carbocycles. The standard InChI is InChI=1S/C17H16BrF2N3O3S/c1-23(7-10-3-4-12(24-2)13(5-10)25-17(19)20)8-15-21-16(22-26-15)14-6-11(18)9-27-14/h3-6,9,17H,7-8H2,1-2H3. The Morgan fingerprint density at radius 3 is 2.74 bits per heavy atom. The zero-order valence-corrected chi connectivity index (χ0v) is 16.9. The maximum atomic E-state index is 12.5. The van der Waals surface area contributed by atoms with E-state index in [0.717, 1.165) is 14.9 Å². The van der Waals surface area contributed by atoms with Gasteiger partial charge in [-0.1, -0.05) is 11.2 Å². The number of thiophene rings is 1. The lowest BCUT2D eigenvalue weighted by Gasteiger charge is -2.16. The van der Waals surface area contributed by atoms with Gasteiger partial charge in [0.15, 0.2) is 11.5 Å². The summed E-state index contributed by atoms with van der Waals surface area (Å²) in [6, 6.07) is 6.84. The number of hydrogen-bond acceptors (Lipinski definition) is 7. The Hall–Kier alpha value is -2.04. The Bertz CT molecular complexity index is 903. The summed E-state index contributed by atoms with van der Waals surface area (Å²) < 4.78 is 40.9. The van der Waals surface area contributed by atoms with Crippen LogP contribution in [0.15, 0.2) is 38.6 Å². The van der Waals surface area contributed by atoms with Crippen LogP contribution in [-0.2, 0) is 13.1 Å². The molecule has 0 spiro atoms. The summed E-state index contributed by atoms with van der Waals surface area (Å²) in [5.74, 6) is 1.26. The molecule has 10 heteroatoms. The van der Waals surface area contributed by atoms with E-state index in [9.17, 15) is 8.78 Å². The van der Waals surface area contributed by atoms with E-state index < -0.39 is 6.61 Å². The molecule has 0 fully saturated rings. The average molecular weight is 460 g/mol. The molecule has 0 saturated carbocycles. The highest BCUT2D eigenvalue weighted by Crippen LogP contribution is 2.30. The van der Waals surface area contributed by atoms with Gasteiger partial charge in [-0.15, -0.1) is 11.3 Å². The molecule has 0 saturated heterocycles. The predicted molar refractivity (Wildman–Crippen MR) is 100 cm³/mol. The third-order valence-corrected chi connectivity index (χ3v) is 5.24. The van der Waals surface area contributed by atoms with Gasteiger partial charge in [0.2, 0.25) is 11.7 Å². The van der Waals surface area contributed by atoms with Crippen molar-refractivity contribution in [1.82, 2.24) is 15.0 Å². The molecule has 0 aliphatic heterocycles. The Morgan fingerprint density at radius 1 is 1.26 bits per heavy atom. The monoisotopic (exact) mass is 459 g/mol. The van der Waals surface area contributed by atoms with Crippen molar-refractivity contribution in [1.29, 1.82) is 0 Å². The van der Waals surface area contributed by atoms with Crippen molar-refractivity contribution in [3.63, 3.8) is 0 Å². The minimum Gasteiger partial charge on any atom is -0.493 e. The quantitative estimate of drug-likeness (QED) is 0.481. The molecular formula is C17H16BrF2N3O3S. The molecule has 2 aromatic heterocycles. The number of benzene rings is 1. The molecule has 0 atom stereocenters. The summed E-state index contributed by atoms with van der Waals surface area (Å²) in [6.07, 6.45) is 0. The fourth-order valence-electron chi connectivity index (χ4n) is 2.46. The SMILES string of the molecule is COc1ccc(CN(C)Cc2nc(-c3cc(Br)cs3)no2)cc1OC(F)F. The number of ether oxygens (including phenoxy) is 2. The van der Waals surface area contributed by atoms with Gasteiger partial charge in [-0.3, -0.25) is 4.90 Å². The molecule has 27 heavy (non-hydrogen) atoms. The third-order valence-electron chi connectivity index (χ3n) is 3.56. The average Bonchev–Trinajstić information content (AvgIpc) is 3.23. The van der Waals surface area contributed by atoms with Gasteiger partial charge in [-0.05, 0) is 46.7 Å². The number of rotatable bonds is 8. The van der Waals surface area contributed by atoms with Gasteiger partial charge in [0.05, 0.1) is 18.5 Å². The number of halogens is 3. The molecule has 0 radical (unpaired) electrons. The Kier molecular flexibility index (Phi) is 6.40. The van der Waals surface area contributed by atoms with Crippen molar-refractivity contribution in [2.75, 3.05) is 14.2 Å². The molecule has 0 unspecified atom stereocenters. The van der Waals surface area contributed by atoms with Gasteiger partial charge in [-0.2, -0.15) is 13.8 Å². The number of hydrogen-bond donors (Lipinski definition) is 0. The van der Waals surface area contributed by atoms with E-state index in [0.29, 0.717) is 24.8 Å². The molecule has 144 valence electrons. The number of alkyl halides is 2. The Balaban J connectivity index is 1.65. The first-order chi connectivity index (χ1) is 12.9. The van der Waals surface area contributed by atoms with Crippen molar-refractivity contribution >= 4 is 27.3 Å². The van der Waals surface area contributed by atoms with Gasteiger partial charge in [-0.25, -0.2) is 0 Å². The van der Waals surface area contributed by atoms with E-state index in [1.54, 1.807) is 12.1 Å². The van der Waals surface area contributed by atoms with Crippen LogP contribution in [0.2, 0.25) is 0 Å². The lowest BCUT2D eigenvalue weighted by molar-refractivity contribution is -0.0512. The molecule has 3 rings (SSSR count). The summed E-state index contributed by atoms with van der Waals surface area (Å²) in [5, 5.41) is 5.93. The molecule has 0 aliphatic rings.